The van der Waals surface area contributed by atoms with E-state index in [1.165, 1.54) is 5.56 Å². The van der Waals surface area contributed by atoms with Gasteiger partial charge in [-0.3, -0.25) is 0 Å². The first-order chi connectivity index (χ1) is 15.0. The Bertz CT molecular complexity index is 1080. The average molecular weight is 418 g/mol. The maximum absolute atomic E-state index is 6.12. The van der Waals surface area contributed by atoms with Gasteiger partial charge in [0.15, 0.2) is 0 Å². The van der Waals surface area contributed by atoms with Crippen molar-refractivity contribution in [3.8, 4) is 23.0 Å². The molecule has 0 aliphatic carbocycles. The third-order valence-corrected chi connectivity index (χ3v) is 4.75. The number of hydrogen-bond acceptors (Lipinski definition) is 5. The van der Waals surface area contributed by atoms with Crippen LogP contribution < -0.4 is 18.9 Å². The molecule has 0 aromatic heterocycles. The van der Waals surface area contributed by atoms with Gasteiger partial charge in [0.1, 0.15) is 23.0 Å². The second-order valence-corrected chi connectivity index (χ2v) is 7.06. The molecule has 3 rings (SSSR count). The van der Waals surface area contributed by atoms with Crippen molar-refractivity contribution in [2.24, 2.45) is 4.99 Å². The summed E-state index contributed by atoms with van der Waals surface area (Å²) in [6.07, 6.45) is 1.63. The van der Waals surface area contributed by atoms with Crippen molar-refractivity contribution in [2.75, 3.05) is 14.2 Å². The minimum absolute atomic E-state index is 0.435. The van der Waals surface area contributed by atoms with Crippen molar-refractivity contribution in [3.63, 3.8) is 0 Å². The van der Waals surface area contributed by atoms with E-state index in [9.17, 15) is 0 Å². The van der Waals surface area contributed by atoms with Gasteiger partial charge in [0.25, 0.3) is 0 Å². The lowest BCUT2D eigenvalue weighted by Gasteiger charge is -2.12. The Morgan fingerprint density at radius 3 is 2.10 bits per heavy atom. The number of aryl methyl sites for hydroxylation is 2. The quantitative estimate of drug-likeness (QED) is 0.253. The van der Waals surface area contributed by atoms with Crippen LogP contribution in [0.5, 0.6) is 23.0 Å². The Kier molecular flexibility index (Phi) is 7.33. The number of methoxy groups -OCH3 is 2. The summed E-state index contributed by atoms with van der Waals surface area (Å²) in [6, 6.07) is 20.8. The van der Waals surface area contributed by atoms with Gasteiger partial charge in [0.2, 0.25) is 5.90 Å². The molecule has 0 heterocycles. The van der Waals surface area contributed by atoms with E-state index in [0.29, 0.717) is 23.1 Å². The normalized spacial score (nSPS) is 11.8. The van der Waals surface area contributed by atoms with Crippen LogP contribution in [0, 0.1) is 13.8 Å². The summed E-state index contributed by atoms with van der Waals surface area (Å²) >= 11 is 0. The van der Waals surface area contributed by atoms with Gasteiger partial charge >= 0.3 is 0 Å². The minimum Gasteiger partial charge on any atom is -0.497 e. The Labute approximate surface area is 183 Å². The molecule has 5 nitrogen and oxygen atoms in total. The molecule has 31 heavy (non-hydrogen) atoms. The van der Waals surface area contributed by atoms with Crippen LogP contribution in [0.1, 0.15) is 18.1 Å². The maximum atomic E-state index is 6.12. The molecule has 0 saturated carbocycles. The molecule has 0 radical (unpaired) electrons. The van der Waals surface area contributed by atoms with Gasteiger partial charge in [-0.05, 0) is 80.4 Å². The highest BCUT2D eigenvalue weighted by molar-refractivity contribution is 5.96. The van der Waals surface area contributed by atoms with Gasteiger partial charge in [-0.15, -0.1) is 0 Å². The molecule has 0 fully saturated rings. The van der Waals surface area contributed by atoms with Gasteiger partial charge in [0.05, 0.1) is 26.2 Å². The lowest BCUT2D eigenvalue weighted by molar-refractivity contribution is 0.411. The largest absolute Gasteiger partial charge is 0.497 e. The standard InChI is InChI=1S/C26H27NO4/c1-18-9-10-21(15-19(18)2)27-26(31-25-8-6-7-24(16-25)29-5)20(3)17-30-23-13-11-22(28-4)12-14-23/h6-17H,1-5H3/b20-17+,27-26?. The van der Waals surface area contributed by atoms with Gasteiger partial charge < -0.3 is 18.9 Å². The van der Waals surface area contributed by atoms with Crippen molar-refractivity contribution >= 4 is 11.6 Å². The second-order valence-electron chi connectivity index (χ2n) is 7.06. The fraction of sp³-hybridized carbons (Fsp3) is 0.192. The highest BCUT2D eigenvalue weighted by Crippen LogP contribution is 2.24. The summed E-state index contributed by atoms with van der Waals surface area (Å²) in [5, 5.41) is 0. The zero-order valence-electron chi connectivity index (χ0n) is 18.5. The highest BCUT2D eigenvalue weighted by atomic mass is 16.5. The molecule has 0 spiro atoms. The average Bonchev–Trinajstić information content (AvgIpc) is 2.80. The van der Waals surface area contributed by atoms with E-state index in [2.05, 4.69) is 13.8 Å². The van der Waals surface area contributed by atoms with E-state index in [1.807, 2.05) is 73.7 Å². The van der Waals surface area contributed by atoms with Crippen molar-refractivity contribution in [1.29, 1.82) is 0 Å². The van der Waals surface area contributed by atoms with Crippen LogP contribution in [0.2, 0.25) is 0 Å². The molecule has 0 aliphatic heterocycles. The predicted molar refractivity (Wildman–Crippen MR) is 124 cm³/mol. The van der Waals surface area contributed by atoms with E-state index >= 15 is 0 Å². The monoisotopic (exact) mass is 417 g/mol. The van der Waals surface area contributed by atoms with Crippen LogP contribution >= 0.6 is 0 Å². The first-order valence-corrected chi connectivity index (χ1v) is 9.94. The van der Waals surface area contributed by atoms with Gasteiger partial charge in [0, 0.05) is 11.6 Å². The SMILES string of the molecule is COc1ccc(O/C=C(\C)C(=Nc2ccc(C)c(C)c2)Oc2cccc(OC)c2)cc1. The molecule has 0 bridgehead atoms. The Morgan fingerprint density at radius 2 is 1.42 bits per heavy atom. The summed E-state index contributed by atoms with van der Waals surface area (Å²) in [5.74, 6) is 3.22. The molecule has 0 atom stereocenters. The zero-order valence-corrected chi connectivity index (χ0v) is 18.5. The van der Waals surface area contributed by atoms with Crippen molar-refractivity contribution < 1.29 is 18.9 Å². The lowest BCUT2D eigenvalue weighted by atomic mass is 10.1. The van der Waals surface area contributed by atoms with E-state index in [4.69, 9.17) is 23.9 Å². The maximum Gasteiger partial charge on any atom is 0.225 e. The number of rotatable bonds is 7. The molecular weight excluding hydrogens is 390 g/mol. The van der Waals surface area contributed by atoms with Crippen LogP contribution in [-0.4, -0.2) is 20.1 Å². The third kappa shape index (κ3) is 6.12. The van der Waals surface area contributed by atoms with Crippen molar-refractivity contribution in [3.05, 3.63) is 89.7 Å². The Morgan fingerprint density at radius 1 is 0.742 bits per heavy atom. The van der Waals surface area contributed by atoms with Crippen molar-refractivity contribution in [1.82, 2.24) is 0 Å². The van der Waals surface area contributed by atoms with Crippen molar-refractivity contribution in [2.45, 2.75) is 20.8 Å². The molecule has 0 N–H and O–H groups in total. The highest BCUT2D eigenvalue weighted by Gasteiger charge is 2.09. The van der Waals surface area contributed by atoms with Crippen LogP contribution in [0.4, 0.5) is 5.69 Å². The molecule has 0 amide bonds. The number of hydrogen-bond donors (Lipinski definition) is 0. The van der Waals surface area contributed by atoms with Crippen LogP contribution in [-0.2, 0) is 0 Å². The molecule has 3 aromatic carbocycles. The van der Waals surface area contributed by atoms with Crippen LogP contribution in [0.25, 0.3) is 0 Å². The summed E-state index contributed by atoms with van der Waals surface area (Å²) in [4.78, 5) is 4.74. The first kappa shape index (κ1) is 22.0. The number of benzene rings is 3. The smallest absolute Gasteiger partial charge is 0.225 e. The molecule has 3 aromatic rings. The van der Waals surface area contributed by atoms with E-state index in [1.54, 1.807) is 20.5 Å². The fourth-order valence-electron chi connectivity index (χ4n) is 2.74. The first-order valence-electron chi connectivity index (χ1n) is 9.94. The summed E-state index contributed by atoms with van der Waals surface area (Å²) < 4.78 is 22.4. The predicted octanol–water partition coefficient (Wildman–Crippen LogP) is 6.41. The number of aliphatic imine (C=N–C) groups is 1. The Balaban J connectivity index is 1.90. The molecule has 0 aliphatic rings. The van der Waals surface area contributed by atoms with E-state index in [0.717, 1.165) is 22.6 Å². The minimum atomic E-state index is 0.435. The van der Waals surface area contributed by atoms with Gasteiger partial charge in [-0.2, -0.15) is 0 Å². The summed E-state index contributed by atoms with van der Waals surface area (Å²) in [6.45, 7) is 6.03. The zero-order chi connectivity index (χ0) is 22.2. The van der Waals surface area contributed by atoms with Gasteiger partial charge in [-0.1, -0.05) is 12.1 Å². The molecule has 160 valence electrons. The summed E-state index contributed by atoms with van der Waals surface area (Å²) in [7, 11) is 3.25. The van der Waals surface area contributed by atoms with Crippen LogP contribution in [0.15, 0.2) is 83.6 Å². The number of nitrogens with zero attached hydrogens (tertiary/aromatic N) is 1. The summed E-state index contributed by atoms with van der Waals surface area (Å²) in [5.41, 5.74) is 3.91. The lowest BCUT2D eigenvalue weighted by Crippen LogP contribution is -2.11. The molecule has 0 unspecified atom stereocenters. The van der Waals surface area contributed by atoms with E-state index in [-0.39, 0.29) is 0 Å². The van der Waals surface area contributed by atoms with E-state index < -0.39 is 0 Å². The number of ether oxygens (including phenoxy) is 4. The van der Waals surface area contributed by atoms with Crippen LogP contribution in [0.3, 0.4) is 0 Å². The second kappa shape index (κ2) is 10.3. The molecule has 0 saturated heterocycles. The topological polar surface area (TPSA) is 49.3 Å². The van der Waals surface area contributed by atoms with Gasteiger partial charge in [-0.25, -0.2) is 4.99 Å². The molecule has 5 heteroatoms. The molecular formula is C26H27NO4. The third-order valence-electron chi connectivity index (χ3n) is 4.75. The Hall–Kier alpha value is -3.73. The fourth-order valence-corrected chi connectivity index (χ4v) is 2.74.